The van der Waals surface area contributed by atoms with Crippen LogP contribution in [0.2, 0.25) is 0 Å². The third-order valence-corrected chi connectivity index (χ3v) is 5.48. The van der Waals surface area contributed by atoms with Crippen molar-refractivity contribution in [2.75, 3.05) is 18.5 Å². The van der Waals surface area contributed by atoms with E-state index in [4.69, 9.17) is 9.47 Å². The number of aromatic nitrogens is 1. The lowest BCUT2D eigenvalue weighted by atomic mass is 9.99. The topological polar surface area (TPSA) is 104 Å². The number of para-hydroxylation sites is 2. The molecule has 1 amide bonds. The smallest absolute Gasteiger partial charge is 0.262 e. The number of ketones is 1. The van der Waals surface area contributed by atoms with Gasteiger partial charge >= 0.3 is 0 Å². The zero-order valence-electron chi connectivity index (χ0n) is 20.0. The minimum absolute atomic E-state index is 0.00112. The number of aromatic amines is 1. The third-order valence-electron chi connectivity index (χ3n) is 5.48. The first-order chi connectivity index (χ1) is 17.5. The Hall–Kier alpha value is -4.83. The quantitative estimate of drug-likeness (QED) is 0.183. The van der Waals surface area contributed by atoms with Crippen molar-refractivity contribution in [2.24, 2.45) is 0 Å². The Labute approximate surface area is 209 Å². The number of Topliss-reactive ketones (excluding diaryl/α,β-unsaturated/α-hetero) is 1. The number of allylic oxidation sites excluding steroid dienone is 1. The number of hydrogen-bond acceptors (Lipinski definition) is 5. The molecule has 180 valence electrons. The highest BCUT2D eigenvalue weighted by atomic mass is 16.5. The van der Waals surface area contributed by atoms with Gasteiger partial charge < -0.3 is 19.8 Å². The van der Waals surface area contributed by atoms with Crippen LogP contribution in [0.15, 0.2) is 78.4 Å². The number of fused-ring (bicyclic) bond motifs is 1. The summed E-state index contributed by atoms with van der Waals surface area (Å²) in [6, 6.07) is 23.7. The van der Waals surface area contributed by atoms with E-state index in [-0.39, 0.29) is 23.9 Å². The van der Waals surface area contributed by atoms with Crippen molar-refractivity contribution in [2.45, 2.75) is 13.8 Å². The van der Waals surface area contributed by atoms with Crippen molar-refractivity contribution >= 4 is 34.4 Å². The van der Waals surface area contributed by atoms with Gasteiger partial charge in [0.15, 0.2) is 18.1 Å². The predicted molar refractivity (Wildman–Crippen MR) is 139 cm³/mol. The number of H-pyrrole nitrogens is 1. The predicted octanol–water partition coefficient (Wildman–Crippen LogP) is 5.68. The molecule has 4 rings (SSSR count). The summed E-state index contributed by atoms with van der Waals surface area (Å²) in [7, 11) is 0. The summed E-state index contributed by atoms with van der Waals surface area (Å²) in [5.74, 6) is 0.128. The van der Waals surface area contributed by atoms with Crippen LogP contribution in [0.3, 0.4) is 0 Å². The van der Waals surface area contributed by atoms with Gasteiger partial charge in [0.25, 0.3) is 5.91 Å². The average Bonchev–Trinajstić information content (AvgIpc) is 3.22. The van der Waals surface area contributed by atoms with Crippen molar-refractivity contribution in [1.82, 2.24) is 4.98 Å². The van der Waals surface area contributed by atoms with Gasteiger partial charge in [-0.2, -0.15) is 5.26 Å². The second kappa shape index (κ2) is 11.1. The van der Waals surface area contributed by atoms with Crippen LogP contribution >= 0.6 is 0 Å². The fourth-order valence-electron chi connectivity index (χ4n) is 3.88. The second-order valence-electron chi connectivity index (χ2n) is 8.01. The van der Waals surface area contributed by atoms with Crippen LogP contribution in [0.5, 0.6) is 11.5 Å². The minimum atomic E-state index is -0.358. The fourth-order valence-corrected chi connectivity index (χ4v) is 3.88. The van der Waals surface area contributed by atoms with Gasteiger partial charge in [-0.3, -0.25) is 9.59 Å². The van der Waals surface area contributed by atoms with E-state index in [0.29, 0.717) is 40.6 Å². The molecule has 0 aliphatic heterocycles. The lowest BCUT2D eigenvalue weighted by Gasteiger charge is -2.13. The van der Waals surface area contributed by atoms with Crippen LogP contribution in [0.25, 0.3) is 17.0 Å². The summed E-state index contributed by atoms with van der Waals surface area (Å²) in [4.78, 5) is 28.7. The first kappa shape index (κ1) is 24.3. The number of aryl methyl sites for hydroxylation is 1. The molecule has 0 fully saturated rings. The van der Waals surface area contributed by atoms with Crippen LogP contribution in [-0.4, -0.2) is 29.9 Å². The van der Waals surface area contributed by atoms with Crippen LogP contribution in [0.1, 0.15) is 28.5 Å². The molecule has 0 atom stereocenters. The van der Waals surface area contributed by atoms with Crippen LogP contribution < -0.4 is 14.8 Å². The number of hydrogen-bond donors (Lipinski definition) is 2. The Kier molecular flexibility index (Phi) is 7.47. The van der Waals surface area contributed by atoms with Crippen LogP contribution in [-0.2, 0) is 4.79 Å². The van der Waals surface area contributed by atoms with Gasteiger partial charge in [-0.1, -0.05) is 42.5 Å². The molecular formula is C29H25N3O4. The molecule has 4 aromatic rings. The maximum atomic E-state index is 13.3. The van der Waals surface area contributed by atoms with E-state index in [1.54, 1.807) is 30.3 Å². The molecule has 0 aliphatic rings. The Bertz CT molecular complexity index is 1480. The van der Waals surface area contributed by atoms with Gasteiger partial charge in [-0.05, 0) is 55.8 Å². The van der Waals surface area contributed by atoms with E-state index in [1.165, 1.54) is 6.08 Å². The average molecular weight is 480 g/mol. The van der Waals surface area contributed by atoms with Gasteiger partial charge in [0.1, 0.15) is 11.6 Å². The highest BCUT2D eigenvalue weighted by Gasteiger charge is 2.20. The largest absolute Gasteiger partial charge is 0.490 e. The summed E-state index contributed by atoms with van der Waals surface area (Å²) in [6.07, 6.45) is 1.53. The van der Waals surface area contributed by atoms with Crippen molar-refractivity contribution in [1.29, 1.82) is 5.26 Å². The summed E-state index contributed by atoms with van der Waals surface area (Å²) < 4.78 is 11.4. The van der Waals surface area contributed by atoms with E-state index >= 15 is 0 Å². The number of nitrogens with one attached hydrogen (secondary N) is 2. The molecule has 1 aromatic heterocycles. The first-order valence-electron chi connectivity index (χ1n) is 11.5. The summed E-state index contributed by atoms with van der Waals surface area (Å²) in [5, 5.41) is 13.3. The summed E-state index contributed by atoms with van der Waals surface area (Å²) in [5.41, 5.74) is 3.30. The Balaban J connectivity index is 1.55. The molecule has 3 aromatic carbocycles. The van der Waals surface area contributed by atoms with Crippen molar-refractivity contribution < 1.29 is 19.1 Å². The molecule has 0 spiro atoms. The minimum Gasteiger partial charge on any atom is -0.490 e. The molecule has 0 radical (unpaired) electrons. The summed E-state index contributed by atoms with van der Waals surface area (Å²) >= 11 is 0. The molecule has 0 unspecified atom stereocenters. The Morgan fingerprint density at radius 2 is 1.75 bits per heavy atom. The molecule has 7 nitrogen and oxygen atoms in total. The number of amides is 1. The standard InChI is InChI=1S/C29H25N3O4/c1-3-35-26-16-20(13-14-25(26)36-18-27(33)32-22-9-5-4-6-10-22)15-21(17-30)29(34)28-19(2)31-24-12-8-7-11-23(24)28/h4-16,31H,3,18H2,1-2H3,(H,32,33)/b21-15+. The van der Waals surface area contributed by atoms with Crippen LogP contribution in [0.4, 0.5) is 5.69 Å². The highest BCUT2D eigenvalue weighted by Crippen LogP contribution is 2.30. The Morgan fingerprint density at radius 1 is 1.00 bits per heavy atom. The maximum Gasteiger partial charge on any atom is 0.262 e. The third kappa shape index (κ3) is 5.45. The van der Waals surface area contributed by atoms with Gasteiger partial charge in [0, 0.05) is 22.3 Å². The normalized spacial score (nSPS) is 11.1. The zero-order valence-corrected chi connectivity index (χ0v) is 20.0. The number of ether oxygens (including phenoxy) is 2. The van der Waals surface area contributed by atoms with Gasteiger partial charge in [0.05, 0.1) is 12.2 Å². The molecule has 0 saturated carbocycles. The number of carbonyl (C=O) groups excluding carboxylic acids is 2. The lowest BCUT2D eigenvalue weighted by Crippen LogP contribution is -2.20. The van der Waals surface area contributed by atoms with E-state index in [2.05, 4.69) is 10.3 Å². The molecule has 7 heteroatoms. The number of nitriles is 1. The molecule has 36 heavy (non-hydrogen) atoms. The second-order valence-corrected chi connectivity index (χ2v) is 8.01. The Morgan fingerprint density at radius 3 is 2.50 bits per heavy atom. The monoisotopic (exact) mass is 479 g/mol. The van der Waals surface area contributed by atoms with Crippen molar-refractivity contribution in [3.63, 3.8) is 0 Å². The van der Waals surface area contributed by atoms with Gasteiger partial charge in [0.2, 0.25) is 5.78 Å². The number of anilines is 1. The summed E-state index contributed by atoms with van der Waals surface area (Å²) in [6.45, 7) is 3.82. The molecular weight excluding hydrogens is 454 g/mol. The molecule has 2 N–H and O–H groups in total. The number of rotatable bonds is 9. The molecule has 0 aliphatic carbocycles. The molecule has 0 bridgehead atoms. The fraction of sp³-hybridized carbons (Fsp3) is 0.138. The molecule has 1 heterocycles. The van der Waals surface area contributed by atoms with Gasteiger partial charge in [-0.15, -0.1) is 0 Å². The van der Waals surface area contributed by atoms with Crippen LogP contribution in [0, 0.1) is 18.3 Å². The molecule has 0 saturated heterocycles. The van der Waals surface area contributed by atoms with E-state index in [9.17, 15) is 14.9 Å². The van der Waals surface area contributed by atoms with Gasteiger partial charge in [-0.25, -0.2) is 0 Å². The zero-order chi connectivity index (χ0) is 25.5. The number of benzene rings is 3. The maximum absolute atomic E-state index is 13.3. The SMILES string of the molecule is CCOc1cc(/C=C(\C#N)C(=O)c2c(C)[nH]c3ccccc23)ccc1OCC(=O)Nc1ccccc1. The lowest BCUT2D eigenvalue weighted by molar-refractivity contribution is -0.118. The van der Waals surface area contributed by atoms with E-state index < -0.39 is 0 Å². The van der Waals surface area contributed by atoms with E-state index in [1.807, 2.05) is 62.4 Å². The number of carbonyl (C=O) groups is 2. The van der Waals surface area contributed by atoms with Crippen molar-refractivity contribution in [3.05, 3.63) is 95.2 Å². The van der Waals surface area contributed by atoms with Crippen molar-refractivity contribution in [3.8, 4) is 17.6 Å². The van der Waals surface area contributed by atoms with E-state index in [0.717, 1.165) is 10.9 Å². The highest BCUT2D eigenvalue weighted by molar-refractivity contribution is 6.20. The number of nitrogens with zero attached hydrogens (tertiary/aromatic N) is 1. The first-order valence-corrected chi connectivity index (χ1v) is 11.5.